The van der Waals surface area contributed by atoms with Crippen molar-refractivity contribution in [3.63, 3.8) is 0 Å². The van der Waals surface area contributed by atoms with Crippen LogP contribution in [0.25, 0.3) is 0 Å². The van der Waals surface area contributed by atoms with E-state index in [1.807, 2.05) is 43.3 Å². The first kappa shape index (κ1) is 24.2. The summed E-state index contributed by atoms with van der Waals surface area (Å²) in [5.41, 5.74) is 3.45. The standard InChI is InChI=1S/C28H27ClFN5O/c1-28(33-27(36)21-10-12-31-13-11-21)22(18-26(32-28)20-2-4-23(29)5-3-20)19-34-14-16-35(17-15-34)25-8-6-24(30)7-9-25/h2-13,18H,14-17,19H2,1H3,(H,33,36). The van der Waals surface area contributed by atoms with Gasteiger partial charge in [-0.15, -0.1) is 0 Å². The van der Waals surface area contributed by atoms with Gasteiger partial charge in [-0.1, -0.05) is 23.7 Å². The molecule has 2 aliphatic heterocycles. The van der Waals surface area contributed by atoms with Crippen LogP contribution in [0.1, 0.15) is 22.8 Å². The summed E-state index contributed by atoms with van der Waals surface area (Å²) < 4.78 is 13.3. The van der Waals surface area contributed by atoms with Gasteiger partial charge in [-0.2, -0.15) is 0 Å². The molecule has 0 radical (unpaired) electrons. The van der Waals surface area contributed by atoms with Crippen molar-refractivity contribution in [3.05, 3.63) is 107 Å². The zero-order valence-electron chi connectivity index (χ0n) is 20.0. The van der Waals surface area contributed by atoms with Crippen molar-refractivity contribution in [3.8, 4) is 0 Å². The number of carbonyl (C=O) groups is 1. The Morgan fingerprint density at radius 3 is 2.33 bits per heavy atom. The van der Waals surface area contributed by atoms with E-state index in [1.165, 1.54) is 12.1 Å². The first-order chi connectivity index (χ1) is 17.4. The van der Waals surface area contributed by atoms with E-state index in [0.717, 1.165) is 48.7 Å². The predicted octanol–water partition coefficient (Wildman–Crippen LogP) is 4.57. The molecule has 3 heterocycles. The molecule has 1 saturated heterocycles. The lowest BCUT2D eigenvalue weighted by molar-refractivity contribution is 0.0919. The summed E-state index contributed by atoms with van der Waals surface area (Å²) in [5, 5.41) is 3.80. The molecule has 1 atom stereocenters. The third kappa shape index (κ3) is 5.32. The third-order valence-electron chi connectivity index (χ3n) is 6.68. The Hall–Kier alpha value is -3.55. The minimum Gasteiger partial charge on any atom is -0.369 e. The van der Waals surface area contributed by atoms with Gasteiger partial charge in [0, 0.05) is 61.4 Å². The molecule has 36 heavy (non-hydrogen) atoms. The molecule has 1 N–H and O–H groups in total. The number of nitrogens with one attached hydrogen (secondary N) is 1. The zero-order chi connectivity index (χ0) is 25.1. The fourth-order valence-electron chi connectivity index (χ4n) is 4.58. The minimum atomic E-state index is -0.886. The van der Waals surface area contributed by atoms with Crippen LogP contribution in [-0.2, 0) is 0 Å². The van der Waals surface area contributed by atoms with Crippen LogP contribution >= 0.6 is 11.6 Å². The van der Waals surface area contributed by atoms with Crippen LogP contribution in [0.5, 0.6) is 0 Å². The van der Waals surface area contributed by atoms with Crippen molar-refractivity contribution < 1.29 is 9.18 Å². The molecule has 0 bridgehead atoms. The van der Waals surface area contributed by atoms with Crippen LogP contribution in [0, 0.1) is 5.82 Å². The number of carbonyl (C=O) groups excluding carboxylic acids is 1. The number of aliphatic imine (C=N–C) groups is 1. The molecule has 2 aromatic carbocycles. The van der Waals surface area contributed by atoms with Crippen LogP contribution in [0.4, 0.5) is 10.1 Å². The van der Waals surface area contributed by atoms with Gasteiger partial charge in [0.15, 0.2) is 5.66 Å². The Bertz CT molecular complexity index is 1290. The molecular formula is C28H27ClFN5O. The minimum absolute atomic E-state index is 0.201. The number of hydrogen-bond donors (Lipinski definition) is 1. The number of nitrogens with zero attached hydrogens (tertiary/aromatic N) is 4. The largest absolute Gasteiger partial charge is 0.369 e. The molecule has 2 aliphatic rings. The van der Waals surface area contributed by atoms with Gasteiger partial charge in [-0.25, -0.2) is 4.39 Å². The van der Waals surface area contributed by atoms with Crippen LogP contribution in [0.15, 0.2) is 89.7 Å². The summed E-state index contributed by atoms with van der Waals surface area (Å²) in [6.07, 6.45) is 5.28. The second-order valence-corrected chi connectivity index (χ2v) is 9.61. The number of amides is 1. The highest BCUT2D eigenvalue weighted by Gasteiger charge is 2.36. The Balaban J connectivity index is 1.34. The van der Waals surface area contributed by atoms with Gasteiger partial charge in [0.1, 0.15) is 5.82 Å². The number of anilines is 1. The van der Waals surface area contributed by atoms with Gasteiger partial charge >= 0.3 is 0 Å². The smallest absolute Gasteiger partial charge is 0.253 e. The van der Waals surface area contributed by atoms with Crippen molar-refractivity contribution >= 4 is 28.9 Å². The van der Waals surface area contributed by atoms with Crippen LogP contribution in [0.2, 0.25) is 5.02 Å². The lowest BCUT2D eigenvalue weighted by Gasteiger charge is -2.38. The topological polar surface area (TPSA) is 60.8 Å². The van der Waals surface area contributed by atoms with Crippen LogP contribution < -0.4 is 10.2 Å². The second-order valence-electron chi connectivity index (χ2n) is 9.18. The van der Waals surface area contributed by atoms with E-state index >= 15 is 0 Å². The lowest BCUT2D eigenvalue weighted by atomic mass is 10.0. The maximum absolute atomic E-state index is 13.3. The Morgan fingerprint density at radius 1 is 1.00 bits per heavy atom. The monoisotopic (exact) mass is 503 g/mol. The first-order valence-electron chi connectivity index (χ1n) is 11.9. The Morgan fingerprint density at radius 2 is 1.67 bits per heavy atom. The molecule has 1 amide bonds. The van der Waals surface area contributed by atoms with Crippen molar-refractivity contribution in [1.29, 1.82) is 0 Å². The lowest BCUT2D eigenvalue weighted by Crippen LogP contribution is -2.51. The van der Waals surface area contributed by atoms with E-state index in [9.17, 15) is 9.18 Å². The van der Waals surface area contributed by atoms with E-state index in [2.05, 4.69) is 26.2 Å². The molecular weight excluding hydrogens is 477 g/mol. The summed E-state index contributed by atoms with van der Waals surface area (Å²) in [5.74, 6) is -0.428. The van der Waals surface area contributed by atoms with Crippen LogP contribution in [0.3, 0.4) is 0 Å². The van der Waals surface area contributed by atoms with Crippen LogP contribution in [-0.4, -0.2) is 59.9 Å². The van der Waals surface area contributed by atoms with Gasteiger partial charge in [0.2, 0.25) is 0 Å². The van der Waals surface area contributed by atoms with E-state index in [1.54, 1.807) is 24.5 Å². The molecule has 184 valence electrons. The van der Waals surface area contributed by atoms with Gasteiger partial charge in [0.05, 0.1) is 5.71 Å². The molecule has 0 saturated carbocycles. The van der Waals surface area contributed by atoms with Crippen molar-refractivity contribution in [2.45, 2.75) is 12.6 Å². The summed E-state index contributed by atoms with van der Waals surface area (Å²) in [4.78, 5) is 26.6. The number of allylic oxidation sites excluding steroid dienone is 1. The maximum atomic E-state index is 13.3. The predicted molar refractivity (Wildman–Crippen MR) is 141 cm³/mol. The molecule has 8 heteroatoms. The van der Waals surface area contributed by atoms with Gasteiger partial charge in [-0.05, 0) is 72.7 Å². The van der Waals surface area contributed by atoms with Crippen molar-refractivity contribution in [2.75, 3.05) is 37.6 Å². The fourth-order valence-corrected chi connectivity index (χ4v) is 4.71. The quantitative estimate of drug-likeness (QED) is 0.535. The van der Waals surface area contributed by atoms with Crippen molar-refractivity contribution in [1.82, 2.24) is 15.2 Å². The number of pyridine rings is 1. The van der Waals surface area contributed by atoms with E-state index in [4.69, 9.17) is 16.6 Å². The summed E-state index contributed by atoms with van der Waals surface area (Å²) in [6.45, 7) is 5.98. The third-order valence-corrected chi connectivity index (χ3v) is 6.93. The number of aromatic nitrogens is 1. The number of benzene rings is 2. The normalized spacial score (nSPS) is 20.1. The molecule has 6 nitrogen and oxygen atoms in total. The van der Waals surface area contributed by atoms with Gasteiger partial charge < -0.3 is 10.2 Å². The second kappa shape index (κ2) is 10.2. The zero-order valence-corrected chi connectivity index (χ0v) is 20.8. The summed E-state index contributed by atoms with van der Waals surface area (Å²) in [7, 11) is 0. The molecule has 0 aliphatic carbocycles. The highest BCUT2D eigenvalue weighted by Crippen LogP contribution is 2.29. The first-order valence-corrected chi connectivity index (χ1v) is 12.3. The van der Waals surface area contributed by atoms with E-state index in [-0.39, 0.29) is 11.7 Å². The summed E-state index contributed by atoms with van der Waals surface area (Å²) in [6, 6.07) is 17.6. The molecule has 3 aromatic rings. The number of hydrogen-bond acceptors (Lipinski definition) is 5. The number of piperazine rings is 1. The summed E-state index contributed by atoms with van der Waals surface area (Å²) >= 11 is 6.09. The average Bonchev–Trinajstić information content (AvgIpc) is 3.21. The van der Waals surface area contributed by atoms with E-state index < -0.39 is 5.66 Å². The van der Waals surface area contributed by atoms with Gasteiger partial charge in [0.25, 0.3) is 5.91 Å². The van der Waals surface area contributed by atoms with Gasteiger partial charge in [-0.3, -0.25) is 19.7 Å². The van der Waals surface area contributed by atoms with E-state index in [0.29, 0.717) is 17.1 Å². The number of rotatable bonds is 6. The Kier molecular flexibility index (Phi) is 6.85. The maximum Gasteiger partial charge on any atom is 0.253 e. The number of halogens is 2. The molecule has 1 unspecified atom stereocenters. The SMILES string of the molecule is CC1(NC(=O)c2ccncc2)N=C(c2ccc(Cl)cc2)C=C1CN1CCN(c2ccc(F)cc2)CC1. The highest BCUT2D eigenvalue weighted by molar-refractivity contribution is 6.30. The fraction of sp³-hybridized carbons (Fsp3) is 0.250. The Labute approximate surface area is 215 Å². The molecule has 1 fully saturated rings. The molecule has 0 spiro atoms. The molecule has 5 rings (SSSR count). The average molecular weight is 504 g/mol. The van der Waals surface area contributed by atoms with Crippen molar-refractivity contribution in [2.24, 2.45) is 4.99 Å². The highest BCUT2D eigenvalue weighted by atomic mass is 35.5. The molecule has 1 aromatic heterocycles.